The van der Waals surface area contributed by atoms with Gasteiger partial charge in [0.05, 0.1) is 46.5 Å². The van der Waals surface area contributed by atoms with E-state index in [1.54, 1.807) is 19.2 Å². The van der Waals surface area contributed by atoms with E-state index >= 15 is 0 Å². The molecule has 3 rings (SSSR count). The molecule has 2 N–H and O–H groups in total. The van der Waals surface area contributed by atoms with Gasteiger partial charge in [-0.15, -0.1) is 0 Å². The number of benzene rings is 2. The highest BCUT2D eigenvalue weighted by Gasteiger charge is 2.10. The van der Waals surface area contributed by atoms with E-state index in [9.17, 15) is 0 Å². The second-order valence-corrected chi connectivity index (χ2v) is 6.99. The van der Waals surface area contributed by atoms with Crippen LogP contribution in [0.15, 0.2) is 48.5 Å². The van der Waals surface area contributed by atoms with E-state index in [0.717, 1.165) is 22.8 Å². The van der Waals surface area contributed by atoms with E-state index in [-0.39, 0.29) is 0 Å². The lowest BCUT2D eigenvalue weighted by atomic mass is 10.3. The molecule has 8 heteroatoms. The fourth-order valence-electron chi connectivity index (χ4n) is 2.56. The van der Waals surface area contributed by atoms with Crippen molar-refractivity contribution in [3.8, 4) is 11.4 Å². The van der Waals surface area contributed by atoms with Crippen molar-refractivity contribution >= 4 is 46.2 Å². The smallest absolute Gasteiger partial charge is 0.171 e. The molecule has 0 unspecified atom stereocenters. The third kappa shape index (κ3) is 4.71. The maximum Gasteiger partial charge on any atom is 0.171 e. The standard InChI is InChI=1S/C19H18Cl2N4OS/c1-12-10-14(25(24-12)13-6-8-15(26-2)9-7-13)11-22-19(27)23-17-5-3-4-16(20)18(17)21/h3-10H,11H2,1-2H3,(H2,22,23,27). The predicted molar refractivity (Wildman–Crippen MR) is 114 cm³/mol. The summed E-state index contributed by atoms with van der Waals surface area (Å²) in [5.74, 6) is 0.797. The Balaban J connectivity index is 1.70. The molecule has 0 bridgehead atoms. The number of methoxy groups -OCH3 is 1. The maximum atomic E-state index is 6.18. The van der Waals surface area contributed by atoms with Crippen LogP contribution >= 0.6 is 35.4 Å². The van der Waals surface area contributed by atoms with Crippen molar-refractivity contribution in [2.24, 2.45) is 0 Å². The Kier molecular flexibility index (Phi) is 6.21. The Morgan fingerprint density at radius 2 is 1.93 bits per heavy atom. The first kappa shape index (κ1) is 19.5. The van der Waals surface area contributed by atoms with Crippen molar-refractivity contribution in [1.82, 2.24) is 15.1 Å². The summed E-state index contributed by atoms with van der Waals surface area (Å²) in [7, 11) is 1.64. The molecule has 27 heavy (non-hydrogen) atoms. The van der Waals surface area contributed by atoms with Gasteiger partial charge in [-0.1, -0.05) is 29.3 Å². The number of aromatic nitrogens is 2. The lowest BCUT2D eigenvalue weighted by Crippen LogP contribution is -2.29. The van der Waals surface area contributed by atoms with Gasteiger partial charge < -0.3 is 15.4 Å². The number of halogens is 2. The Morgan fingerprint density at radius 3 is 2.63 bits per heavy atom. The molecule has 0 saturated heterocycles. The molecule has 0 radical (unpaired) electrons. The minimum absolute atomic E-state index is 0.433. The zero-order chi connectivity index (χ0) is 19.4. The lowest BCUT2D eigenvalue weighted by molar-refractivity contribution is 0.414. The predicted octanol–water partition coefficient (Wildman–Crippen LogP) is 4.98. The molecule has 5 nitrogen and oxygen atoms in total. The number of hydrogen-bond donors (Lipinski definition) is 2. The molecular formula is C19H18Cl2N4OS. The van der Waals surface area contributed by atoms with Gasteiger partial charge in [-0.3, -0.25) is 0 Å². The van der Waals surface area contributed by atoms with E-state index in [0.29, 0.717) is 27.4 Å². The Bertz CT molecular complexity index is 957. The number of rotatable bonds is 5. The van der Waals surface area contributed by atoms with Gasteiger partial charge in [0.25, 0.3) is 0 Å². The molecule has 1 aromatic heterocycles. The van der Waals surface area contributed by atoms with Gasteiger partial charge in [0.2, 0.25) is 0 Å². The number of nitrogens with zero attached hydrogens (tertiary/aromatic N) is 2. The van der Waals surface area contributed by atoms with Gasteiger partial charge in [0.15, 0.2) is 5.11 Å². The summed E-state index contributed by atoms with van der Waals surface area (Å²) in [5.41, 5.74) is 3.48. The fraction of sp³-hybridized carbons (Fsp3) is 0.158. The highest BCUT2D eigenvalue weighted by atomic mass is 35.5. The summed E-state index contributed by atoms with van der Waals surface area (Å²) in [6, 6.07) is 15.1. The first-order valence-corrected chi connectivity index (χ1v) is 9.33. The molecule has 0 fully saturated rings. The fourth-order valence-corrected chi connectivity index (χ4v) is 3.09. The lowest BCUT2D eigenvalue weighted by Gasteiger charge is -2.13. The average molecular weight is 421 g/mol. The van der Waals surface area contributed by atoms with Crippen molar-refractivity contribution in [3.63, 3.8) is 0 Å². The Morgan fingerprint density at radius 1 is 1.19 bits per heavy atom. The van der Waals surface area contributed by atoms with Crippen molar-refractivity contribution in [2.75, 3.05) is 12.4 Å². The van der Waals surface area contributed by atoms with Crippen LogP contribution < -0.4 is 15.4 Å². The third-order valence-electron chi connectivity index (χ3n) is 3.85. The van der Waals surface area contributed by atoms with Crippen molar-refractivity contribution in [2.45, 2.75) is 13.5 Å². The van der Waals surface area contributed by atoms with Gasteiger partial charge in [-0.2, -0.15) is 5.10 Å². The maximum absolute atomic E-state index is 6.18. The zero-order valence-corrected chi connectivity index (χ0v) is 17.1. The molecular weight excluding hydrogens is 403 g/mol. The molecule has 0 saturated carbocycles. The van der Waals surface area contributed by atoms with Gasteiger partial charge in [-0.05, 0) is 61.6 Å². The van der Waals surface area contributed by atoms with Gasteiger partial charge in [0, 0.05) is 0 Å². The van der Waals surface area contributed by atoms with E-state index < -0.39 is 0 Å². The van der Waals surface area contributed by atoms with E-state index in [1.165, 1.54) is 0 Å². The summed E-state index contributed by atoms with van der Waals surface area (Å²) < 4.78 is 7.08. The van der Waals surface area contributed by atoms with Gasteiger partial charge >= 0.3 is 0 Å². The summed E-state index contributed by atoms with van der Waals surface area (Å²) >= 11 is 17.6. The van der Waals surface area contributed by atoms with E-state index in [1.807, 2.05) is 48.0 Å². The van der Waals surface area contributed by atoms with Crippen LogP contribution in [0.4, 0.5) is 5.69 Å². The third-order valence-corrected chi connectivity index (χ3v) is 4.92. The average Bonchev–Trinajstić information content (AvgIpc) is 3.04. The second kappa shape index (κ2) is 8.61. The highest BCUT2D eigenvalue weighted by Crippen LogP contribution is 2.29. The number of hydrogen-bond acceptors (Lipinski definition) is 3. The molecule has 140 valence electrons. The topological polar surface area (TPSA) is 51.1 Å². The van der Waals surface area contributed by atoms with Crippen LogP contribution in [0.25, 0.3) is 5.69 Å². The molecule has 1 heterocycles. The van der Waals surface area contributed by atoms with Crippen molar-refractivity contribution < 1.29 is 4.74 Å². The van der Waals surface area contributed by atoms with Crippen LogP contribution in [-0.2, 0) is 6.54 Å². The minimum atomic E-state index is 0.433. The molecule has 2 aromatic carbocycles. The summed E-state index contributed by atoms with van der Waals surface area (Å²) in [5, 5.41) is 12.1. The minimum Gasteiger partial charge on any atom is -0.497 e. The van der Waals surface area contributed by atoms with E-state index in [2.05, 4.69) is 15.7 Å². The number of anilines is 1. The monoisotopic (exact) mass is 420 g/mol. The molecule has 0 spiro atoms. The van der Waals surface area contributed by atoms with Crippen LogP contribution in [0.1, 0.15) is 11.4 Å². The first-order chi connectivity index (χ1) is 13.0. The molecule has 0 aliphatic rings. The van der Waals surface area contributed by atoms with Crippen molar-refractivity contribution in [1.29, 1.82) is 0 Å². The normalized spacial score (nSPS) is 10.5. The summed E-state index contributed by atoms with van der Waals surface area (Å²) in [6.45, 7) is 2.45. The van der Waals surface area contributed by atoms with E-state index in [4.69, 9.17) is 40.2 Å². The largest absolute Gasteiger partial charge is 0.497 e. The van der Waals surface area contributed by atoms with Crippen LogP contribution in [0.3, 0.4) is 0 Å². The van der Waals surface area contributed by atoms with Crippen molar-refractivity contribution in [3.05, 3.63) is 70.0 Å². The first-order valence-electron chi connectivity index (χ1n) is 8.17. The summed E-state index contributed by atoms with van der Waals surface area (Å²) in [4.78, 5) is 0. The number of ether oxygens (including phenoxy) is 1. The van der Waals surface area contributed by atoms with Crippen LogP contribution in [-0.4, -0.2) is 22.0 Å². The number of nitrogens with one attached hydrogen (secondary N) is 2. The molecule has 0 aliphatic carbocycles. The van der Waals surface area contributed by atoms with Crippen LogP contribution in [0, 0.1) is 6.92 Å². The quantitative estimate of drug-likeness (QED) is 0.569. The molecule has 0 aliphatic heterocycles. The van der Waals surface area contributed by atoms with Crippen LogP contribution in [0.2, 0.25) is 10.0 Å². The highest BCUT2D eigenvalue weighted by molar-refractivity contribution is 7.80. The molecule has 0 atom stereocenters. The van der Waals surface area contributed by atoms with Gasteiger partial charge in [0.1, 0.15) is 5.75 Å². The molecule has 3 aromatic rings. The van der Waals surface area contributed by atoms with Gasteiger partial charge in [-0.25, -0.2) is 4.68 Å². The summed E-state index contributed by atoms with van der Waals surface area (Å²) in [6.07, 6.45) is 0. The zero-order valence-electron chi connectivity index (χ0n) is 14.8. The number of aryl methyl sites for hydroxylation is 1. The van der Waals surface area contributed by atoms with Crippen LogP contribution in [0.5, 0.6) is 5.75 Å². The second-order valence-electron chi connectivity index (χ2n) is 5.80. The Labute approximate surface area is 173 Å². The molecule has 0 amide bonds. The number of thiocarbonyl (C=S) groups is 1. The Hall–Kier alpha value is -2.28. The SMILES string of the molecule is COc1ccc(-n2nc(C)cc2CNC(=S)Nc2cccc(Cl)c2Cl)cc1.